The van der Waals surface area contributed by atoms with E-state index in [9.17, 15) is 0 Å². The molecule has 0 heterocycles. The van der Waals surface area contributed by atoms with Crippen molar-refractivity contribution < 1.29 is 0 Å². The van der Waals surface area contributed by atoms with Crippen LogP contribution in [-0.4, -0.2) is 6.16 Å². The first-order valence-electron chi connectivity index (χ1n) is 9.86. The van der Waals surface area contributed by atoms with E-state index >= 15 is 0 Å². The van der Waals surface area contributed by atoms with Crippen molar-refractivity contribution in [2.75, 3.05) is 6.16 Å². The Morgan fingerprint density at radius 3 is 1.46 bits per heavy atom. The van der Waals surface area contributed by atoms with Crippen molar-refractivity contribution in [3.05, 3.63) is 115 Å². The molecule has 0 nitrogen and oxygen atoms in total. The molecule has 0 saturated heterocycles. The third-order valence-electron chi connectivity index (χ3n) is 5.27. The van der Waals surface area contributed by atoms with Crippen LogP contribution >= 0.6 is 26.3 Å². The van der Waals surface area contributed by atoms with E-state index in [0.29, 0.717) is 0 Å². The van der Waals surface area contributed by atoms with E-state index in [1.54, 1.807) is 0 Å². The molecule has 0 aliphatic heterocycles. The minimum absolute atomic E-state index is 1.01. The van der Waals surface area contributed by atoms with E-state index in [2.05, 4.69) is 144 Å². The van der Waals surface area contributed by atoms with Crippen molar-refractivity contribution >= 4 is 42.2 Å². The van der Waals surface area contributed by atoms with Gasteiger partial charge in [-0.15, -0.1) is 0 Å². The van der Waals surface area contributed by atoms with Crippen molar-refractivity contribution in [2.24, 2.45) is 0 Å². The number of halogens is 1. The van der Waals surface area contributed by atoms with Gasteiger partial charge in [0.05, 0.1) is 0 Å². The molecule has 3 aromatic carbocycles. The zero-order valence-electron chi connectivity index (χ0n) is 16.4. The van der Waals surface area contributed by atoms with Gasteiger partial charge in [0.1, 0.15) is 0 Å². The zero-order valence-corrected chi connectivity index (χ0v) is 19.5. The SMILES string of the molecule is C/C=C\C/C=C\CCP(I)(c1ccccc1)(c1ccccc1)c1ccccc1. The van der Waals surface area contributed by atoms with Crippen LogP contribution in [0.25, 0.3) is 0 Å². The van der Waals surface area contributed by atoms with Crippen molar-refractivity contribution in [1.82, 2.24) is 0 Å². The minimum atomic E-state index is -2.60. The van der Waals surface area contributed by atoms with E-state index in [0.717, 1.165) is 19.0 Å². The number of rotatable bonds is 8. The molecule has 0 unspecified atom stereocenters. The van der Waals surface area contributed by atoms with Crippen LogP contribution < -0.4 is 15.9 Å². The molecule has 0 bridgehead atoms. The van der Waals surface area contributed by atoms with Gasteiger partial charge in [-0.2, -0.15) is 0 Å². The van der Waals surface area contributed by atoms with Crippen molar-refractivity contribution in [3.63, 3.8) is 0 Å². The molecule has 144 valence electrons. The third-order valence-corrected chi connectivity index (χ3v) is 17.0. The summed E-state index contributed by atoms with van der Waals surface area (Å²) in [6, 6.07) is 33.4. The van der Waals surface area contributed by atoms with Gasteiger partial charge in [-0.3, -0.25) is 0 Å². The van der Waals surface area contributed by atoms with Crippen LogP contribution in [0.1, 0.15) is 19.8 Å². The number of benzene rings is 3. The summed E-state index contributed by atoms with van der Waals surface area (Å²) in [6.45, 7) is 2.07. The standard InChI is InChI=1S/C26H28IP/c1-2-3-4-5-6-16-23-28(27,24-17-10-7-11-18-24,25-19-12-8-13-20-25)26-21-14-9-15-22-26/h2-3,5-15,17-22H,4,16,23H2,1H3/b3-2-,6-5-. The fraction of sp³-hybridized carbons (Fsp3) is 0.154. The molecule has 0 N–H and O–H groups in total. The first-order valence-corrected chi connectivity index (χ1v) is 15.1. The van der Waals surface area contributed by atoms with Gasteiger partial charge in [0.15, 0.2) is 0 Å². The summed E-state index contributed by atoms with van der Waals surface area (Å²) in [4.78, 5) is 0. The molecule has 0 aromatic heterocycles. The Morgan fingerprint density at radius 2 is 1.07 bits per heavy atom. The van der Waals surface area contributed by atoms with Crippen molar-refractivity contribution in [3.8, 4) is 0 Å². The second kappa shape index (κ2) is 9.67. The van der Waals surface area contributed by atoms with Gasteiger partial charge in [0.25, 0.3) is 0 Å². The van der Waals surface area contributed by atoms with Crippen LogP contribution in [-0.2, 0) is 0 Å². The predicted molar refractivity (Wildman–Crippen MR) is 137 cm³/mol. The monoisotopic (exact) mass is 498 g/mol. The average molecular weight is 498 g/mol. The summed E-state index contributed by atoms with van der Waals surface area (Å²) in [5.41, 5.74) is 0. The van der Waals surface area contributed by atoms with Gasteiger partial charge >= 0.3 is 183 Å². The van der Waals surface area contributed by atoms with E-state index in [1.807, 2.05) is 0 Å². The number of allylic oxidation sites excluding steroid dienone is 4. The fourth-order valence-electron chi connectivity index (χ4n) is 3.80. The quantitative estimate of drug-likeness (QED) is 0.183. The Hall–Kier alpha value is -1.70. The topological polar surface area (TPSA) is 0 Å². The van der Waals surface area contributed by atoms with Crippen LogP contribution in [0.4, 0.5) is 0 Å². The normalized spacial score (nSPS) is 13.6. The van der Waals surface area contributed by atoms with Gasteiger partial charge < -0.3 is 0 Å². The number of hydrogen-bond acceptors (Lipinski definition) is 0. The molecule has 0 spiro atoms. The van der Waals surface area contributed by atoms with Crippen LogP contribution in [0, 0.1) is 0 Å². The fourth-order valence-corrected chi connectivity index (χ4v) is 12.2. The Balaban J connectivity index is 2.17. The maximum absolute atomic E-state index is 2.86. The number of hydrogen-bond donors (Lipinski definition) is 0. The molecule has 3 rings (SSSR count). The van der Waals surface area contributed by atoms with Gasteiger partial charge in [0.2, 0.25) is 0 Å². The van der Waals surface area contributed by atoms with Crippen molar-refractivity contribution in [1.29, 1.82) is 0 Å². The summed E-state index contributed by atoms with van der Waals surface area (Å²) in [7, 11) is 0. The Kier molecular flexibility index (Phi) is 7.26. The summed E-state index contributed by atoms with van der Waals surface area (Å²) in [5, 5.41) is 4.36. The van der Waals surface area contributed by atoms with Gasteiger partial charge in [-0.1, -0.05) is 0 Å². The molecule has 28 heavy (non-hydrogen) atoms. The van der Waals surface area contributed by atoms with Crippen LogP contribution in [0.5, 0.6) is 0 Å². The summed E-state index contributed by atoms with van der Waals surface area (Å²) >= 11 is 2.86. The van der Waals surface area contributed by atoms with Crippen LogP contribution in [0.15, 0.2) is 115 Å². The summed E-state index contributed by atoms with van der Waals surface area (Å²) in [6.07, 6.45) is 12.2. The van der Waals surface area contributed by atoms with E-state index in [1.165, 1.54) is 15.9 Å². The molecular formula is C26H28IP. The Labute approximate surface area is 182 Å². The third kappa shape index (κ3) is 4.16. The first kappa shape index (κ1) is 21.0. The average Bonchev–Trinajstić information content (AvgIpc) is 2.78. The van der Waals surface area contributed by atoms with E-state index in [4.69, 9.17) is 0 Å². The second-order valence-corrected chi connectivity index (χ2v) is 17.7. The van der Waals surface area contributed by atoms with E-state index in [-0.39, 0.29) is 0 Å². The molecule has 0 atom stereocenters. The summed E-state index contributed by atoms with van der Waals surface area (Å²) < 4.78 is -2.60. The molecule has 0 saturated carbocycles. The summed E-state index contributed by atoms with van der Waals surface area (Å²) in [5.74, 6) is 0. The maximum atomic E-state index is 2.86. The zero-order chi connectivity index (χ0) is 19.7. The molecule has 0 amide bonds. The second-order valence-electron chi connectivity index (χ2n) is 6.98. The van der Waals surface area contributed by atoms with Crippen LogP contribution in [0.3, 0.4) is 0 Å². The molecule has 0 fully saturated rings. The van der Waals surface area contributed by atoms with Crippen molar-refractivity contribution in [2.45, 2.75) is 19.8 Å². The molecule has 3 aromatic rings. The Morgan fingerprint density at radius 1 is 0.643 bits per heavy atom. The van der Waals surface area contributed by atoms with Crippen LogP contribution in [0.2, 0.25) is 0 Å². The molecule has 0 radical (unpaired) electrons. The molecule has 0 aliphatic rings. The predicted octanol–water partition coefficient (Wildman–Crippen LogP) is 6.78. The Bertz CT molecular complexity index is 815. The van der Waals surface area contributed by atoms with Gasteiger partial charge in [0, 0.05) is 0 Å². The molecule has 2 heteroatoms. The van der Waals surface area contributed by atoms with Gasteiger partial charge in [-0.25, -0.2) is 0 Å². The first-order chi connectivity index (χ1) is 13.7. The van der Waals surface area contributed by atoms with Gasteiger partial charge in [-0.05, 0) is 0 Å². The molecule has 0 aliphatic carbocycles. The molecular weight excluding hydrogens is 470 g/mol. The van der Waals surface area contributed by atoms with E-state index < -0.39 is 4.25 Å².